The van der Waals surface area contributed by atoms with Crippen molar-refractivity contribution in [1.82, 2.24) is 15.2 Å². The third-order valence-electron chi connectivity index (χ3n) is 5.30. The molecule has 0 saturated carbocycles. The van der Waals surface area contributed by atoms with Crippen LogP contribution in [0, 0.1) is 5.92 Å². The largest absolute Gasteiger partial charge is 0.483 e. The molecule has 1 aromatic heterocycles. The van der Waals surface area contributed by atoms with Gasteiger partial charge in [-0.3, -0.25) is 9.59 Å². The van der Waals surface area contributed by atoms with E-state index in [9.17, 15) is 9.59 Å². The molecule has 0 aliphatic carbocycles. The number of fused-ring (bicyclic) bond motifs is 4. The van der Waals surface area contributed by atoms with Gasteiger partial charge in [-0.05, 0) is 36.6 Å². The van der Waals surface area contributed by atoms with E-state index >= 15 is 0 Å². The second-order valence-electron chi connectivity index (χ2n) is 7.03. The lowest BCUT2D eigenvalue weighted by atomic mass is 9.83. The molecule has 136 valence electrons. The predicted octanol–water partition coefficient (Wildman–Crippen LogP) is 1.35. The molecule has 2 aromatic rings. The number of piperidine rings is 1. The highest BCUT2D eigenvalue weighted by molar-refractivity contribution is 5.78. The number of carbonyl (C=O) groups excluding carboxylic acids is 1. The SMILES string of the molecule is CNC(=O)COc1ccccc1-c1cc2n(c(=O)c1)C[C@@H]1CNC[C@H]2C1. The van der Waals surface area contributed by atoms with Crippen molar-refractivity contribution in [3.05, 3.63) is 52.4 Å². The molecule has 6 nitrogen and oxygen atoms in total. The molecule has 0 unspecified atom stereocenters. The Labute approximate surface area is 152 Å². The summed E-state index contributed by atoms with van der Waals surface area (Å²) in [5.74, 6) is 1.32. The molecule has 0 spiro atoms. The Balaban J connectivity index is 1.72. The van der Waals surface area contributed by atoms with Crippen molar-refractivity contribution in [2.45, 2.75) is 18.9 Å². The molecule has 2 aliphatic rings. The first-order chi connectivity index (χ1) is 12.7. The van der Waals surface area contributed by atoms with Crippen molar-refractivity contribution < 1.29 is 9.53 Å². The van der Waals surface area contributed by atoms with Crippen molar-refractivity contribution in [3.8, 4) is 16.9 Å². The maximum atomic E-state index is 12.8. The monoisotopic (exact) mass is 353 g/mol. The Hall–Kier alpha value is -2.60. The van der Waals surface area contributed by atoms with Crippen LogP contribution in [0.15, 0.2) is 41.2 Å². The lowest BCUT2D eigenvalue weighted by molar-refractivity contribution is -0.122. The maximum Gasteiger partial charge on any atom is 0.257 e. The minimum Gasteiger partial charge on any atom is -0.483 e. The van der Waals surface area contributed by atoms with Crippen LogP contribution in [-0.2, 0) is 11.3 Å². The smallest absolute Gasteiger partial charge is 0.257 e. The van der Waals surface area contributed by atoms with E-state index < -0.39 is 0 Å². The molecule has 26 heavy (non-hydrogen) atoms. The molecule has 2 bridgehead atoms. The minimum absolute atomic E-state index is 0.0372. The van der Waals surface area contributed by atoms with Gasteiger partial charge in [0.15, 0.2) is 6.61 Å². The number of carbonyl (C=O) groups is 1. The second-order valence-corrected chi connectivity index (χ2v) is 7.03. The fraction of sp³-hybridized carbons (Fsp3) is 0.400. The molecular weight excluding hydrogens is 330 g/mol. The number of likely N-dealkylation sites (N-methyl/N-ethyl adjacent to an activating group) is 1. The topological polar surface area (TPSA) is 72.4 Å². The average molecular weight is 353 g/mol. The number of hydrogen-bond acceptors (Lipinski definition) is 4. The van der Waals surface area contributed by atoms with Crippen molar-refractivity contribution in [1.29, 1.82) is 0 Å². The van der Waals surface area contributed by atoms with Crippen LogP contribution in [0.1, 0.15) is 18.0 Å². The number of aromatic nitrogens is 1. The van der Waals surface area contributed by atoms with E-state index in [4.69, 9.17) is 4.74 Å². The van der Waals surface area contributed by atoms with Gasteiger partial charge in [0.05, 0.1) is 0 Å². The predicted molar refractivity (Wildman–Crippen MR) is 99.4 cm³/mol. The van der Waals surface area contributed by atoms with E-state index in [2.05, 4.69) is 16.7 Å². The third-order valence-corrected chi connectivity index (χ3v) is 5.30. The van der Waals surface area contributed by atoms with Crippen LogP contribution in [0.2, 0.25) is 0 Å². The van der Waals surface area contributed by atoms with Crippen LogP contribution < -0.4 is 20.9 Å². The van der Waals surface area contributed by atoms with Gasteiger partial charge in [0.25, 0.3) is 11.5 Å². The number of pyridine rings is 1. The molecule has 0 radical (unpaired) electrons. The Morgan fingerprint density at radius 2 is 2.15 bits per heavy atom. The summed E-state index contributed by atoms with van der Waals surface area (Å²) in [5.41, 5.74) is 2.81. The van der Waals surface area contributed by atoms with Gasteiger partial charge in [-0.25, -0.2) is 0 Å². The van der Waals surface area contributed by atoms with Gasteiger partial charge in [0, 0.05) is 43.4 Å². The fourth-order valence-electron chi connectivity index (χ4n) is 4.01. The van der Waals surface area contributed by atoms with Crippen LogP contribution in [-0.4, -0.2) is 37.2 Å². The Morgan fingerprint density at radius 3 is 3.00 bits per heavy atom. The van der Waals surface area contributed by atoms with Crippen molar-refractivity contribution in [2.24, 2.45) is 5.92 Å². The van der Waals surface area contributed by atoms with Gasteiger partial charge < -0.3 is 19.9 Å². The van der Waals surface area contributed by atoms with Crippen LogP contribution in [0.4, 0.5) is 0 Å². The summed E-state index contributed by atoms with van der Waals surface area (Å²) in [7, 11) is 1.58. The van der Waals surface area contributed by atoms with Crippen molar-refractivity contribution in [3.63, 3.8) is 0 Å². The number of nitrogens with one attached hydrogen (secondary N) is 2. The Bertz CT molecular complexity index is 890. The fourth-order valence-corrected chi connectivity index (χ4v) is 4.01. The molecule has 1 amide bonds. The van der Waals surface area contributed by atoms with Gasteiger partial charge in [-0.15, -0.1) is 0 Å². The summed E-state index contributed by atoms with van der Waals surface area (Å²) in [6.07, 6.45) is 1.13. The summed E-state index contributed by atoms with van der Waals surface area (Å²) < 4.78 is 7.60. The summed E-state index contributed by atoms with van der Waals surface area (Å²) in [4.78, 5) is 24.3. The first kappa shape index (κ1) is 16.8. The molecule has 2 N–H and O–H groups in total. The van der Waals surface area contributed by atoms with Crippen molar-refractivity contribution >= 4 is 5.91 Å². The van der Waals surface area contributed by atoms with E-state index in [0.29, 0.717) is 17.6 Å². The number of hydrogen-bond donors (Lipinski definition) is 2. The zero-order valence-electron chi connectivity index (χ0n) is 14.8. The Kier molecular flexibility index (Phi) is 4.51. The summed E-state index contributed by atoms with van der Waals surface area (Å²) in [6, 6.07) is 11.3. The van der Waals surface area contributed by atoms with Gasteiger partial charge >= 0.3 is 0 Å². The van der Waals surface area contributed by atoms with E-state index in [1.54, 1.807) is 13.1 Å². The van der Waals surface area contributed by atoms with Crippen molar-refractivity contribution in [2.75, 3.05) is 26.7 Å². The normalized spacial score (nSPS) is 21.0. The number of ether oxygens (including phenoxy) is 1. The molecular formula is C20H23N3O3. The van der Waals surface area contributed by atoms with E-state index in [1.165, 1.54) is 0 Å². The molecule has 1 saturated heterocycles. The highest BCUT2D eigenvalue weighted by Gasteiger charge is 2.31. The first-order valence-electron chi connectivity index (χ1n) is 9.04. The van der Waals surface area contributed by atoms with E-state index in [1.807, 2.05) is 28.8 Å². The lowest BCUT2D eigenvalue weighted by Gasteiger charge is -2.37. The highest BCUT2D eigenvalue weighted by Crippen LogP contribution is 2.35. The number of rotatable bonds is 4. The Morgan fingerprint density at radius 1 is 1.31 bits per heavy atom. The van der Waals surface area contributed by atoms with Crippen LogP contribution >= 0.6 is 0 Å². The molecule has 6 heteroatoms. The summed E-state index contributed by atoms with van der Waals surface area (Å²) in [5, 5.41) is 6.02. The number of para-hydroxylation sites is 1. The second kappa shape index (κ2) is 6.96. The van der Waals surface area contributed by atoms with Gasteiger partial charge in [0.1, 0.15) is 5.75 Å². The van der Waals surface area contributed by atoms with Crippen LogP contribution in [0.3, 0.4) is 0 Å². The standard InChI is InChI=1S/C20H23N3O3/c1-21-19(24)12-26-18-5-3-2-4-16(18)14-7-17-15-6-13(9-22-10-15)11-23(17)20(25)8-14/h2-5,7-8,13,15,22H,6,9-12H2,1H3,(H,21,24)/t13-,15+/m0/s1. The zero-order valence-corrected chi connectivity index (χ0v) is 14.8. The first-order valence-corrected chi connectivity index (χ1v) is 9.04. The number of nitrogens with zero attached hydrogens (tertiary/aromatic N) is 1. The van der Waals surface area contributed by atoms with E-state index in [-0.39, 0.29) is 18.1 Å². The lowest BCUT2D eigenvalue weighted by Crippen LogP contribution is -2.44. The quantitative estimate of drug-likeness (QED) is 0.870. The average Bonchev–Trinajstić information content (AvgIpc) is 2.67. The highest BCUT2D eigenvalue weighted by atomic mass is 16.5. The van der Waals surface area contributed by atoms with Gasteiger partial charge in [0.2, 0.25) is 0 Å². The number of benzene rings is 1. The van der Waals surface area contributed by atoms with Gasteiger partial charge in [-0.2, -0.15) is 0 Å². The molecule has 2 aliphatic heterocycles. The van der Waals surface area contributed by atoms with Gasteiger partial charge in [-0.1, -0.05) is 18.2 Å². The zero-order chi connectivity index (χ0) is 18.1. The number of amides is 1. The summed E-state index contributed by atoms with van der Waals surface area (Å²) >= 11 is 0. The van der Waals surface area contributed by atoms with Crippen LogP contribution in [0.5, 0.6) is 5.75 Å². The third kappa shape index (κ3) is 3.12. The van der Waals surface area contributed by atoms with E-state index in [0.717, 1.165) is 42.9 Å². The summed E-state index contributed by atoms with van der Waals surface area (Å²) in [6.45, 7) is 2.63. The molecule has 4 rings (SSSR count). The molecule has 1 aromatic carbocycles. The molecule has 1 fully saturated rings. The van der Waals surface area contributed by atoms with Crippen LogP contribution in [0.25, 0.3) is 11.1 Å². The maximum absolute atomic E-state index is 12.8. The minimum atomic E-state index is -0.190. The molecule has 2 atom stereocenters. The molecule has 3 heterocycles.